The Bertz CT molecular complexity index is 284. The van der Waals surface area contributed by atoms with E-state index in [1.807, 2.05) is 6.08 Å². The van der Waals surface area contributed by atoms with Gasteiger partial charge in [-0.3, -0.25) is 0 Å². The summed E-state index contributed by atoms with van der Waals surface area (Å²) in [6, 6.07) is 0. The zero-order chi connectivity index (χ0) is 12.2. The maximum atomic E-state index is 8.84. The molecule has 0 aromatic carbocycles. The van der Waals surface area contributed by atoms with Crippen molar-refractivity contribution in [2.75, 3.05) is 6.61 Å². The number of aliphatic hydroxyl groups excluding tert-OH is 1. The quantitative estimate of drug-likeness (QED) is 0.710. The van der Waals surface area contributed by atoms with Gasteiger partial charge in [-0.15, -0.1) is 0 Å². The molecule has 0 aromatic rings. The molecule has 1 aliphatic rings. The van der Waals surface area contributed by atoms with Gasteiger partial charge < -0.3 is 5.11 Å². The minimum absolute atomic E-state index is 0.175. The first-order valence-corrected chi connectivity index (χ1v) is 6.40. The highest BCUT2D eigenvalue weighted by Crippen LogP contribution is 2.43. The van der Waals surface area contributed by atoms with Crippen LogP contribution >= 0.6 is 0 Å². The molecule has 0 aromatic heterocycles. The van der Waals surface area contributed by atoms with E-state index in [-0.39, 0.29) is 6.61 Å². The molecule has 1 atom stereocenters. The molecule has 0 spiro atoms. The minimum Gasteiger partial charge on any atom is -0.392 e. The van der Waals surface area contributed by atoms with Crippen LogP contribution in [0.25, 0.3) is 0 Å². The molecule has 0 aliphatic heterocycles. The van der Waals surface area contributed by atoms with Crippen molar-refractivity contribution in [3.63, 3.8) is 0 Å². The van der Waals surface area contributed by atoms with Crippen LogP contribution in [0.4, 0.5) is 0 Å². The molecule has 0 fully saturated rings. The summed E-state index contributed by atoms with van der Waals surface area (Å²) in [5.41, 5.74) is 3.32. The molecule has 92 valence electrons. The van der Waals surface area contributed by atoms with Crippen LogP contribution in [0.1, 0.15) is 53.4 Å². The minimum atomic E-state index is 0.175. The van der Waals surface area contributed by atoms with Gasteiger partial charge in [0.1, 0.15) is 0 Å². The Hall–Kier alpha value is -0.560. The van der Waals surface area contributed by atoms with Gasteiger partial charge in [-0.2, -0.15) is 0 Å². The SMILES string of the molecule is CC1=CCCC(C)(C)C1CC/C(C)=C/CO. The molecule has 0 amide bonds. The summed E-state index contributed by atoms with van der Waals surface area (Å²) in [7, 11) is 0. The average molecular weight is 222 g/mol. The van der Waals surface area contributed by atoms with E-state index < -0.39 is 0 Å². The molecule has 0 radical (unpaired) electrons. The topological polar surface area (TPSA) is 20.2 Å². The van der Waals surface area contributed by atoms with Crippen LogP contribution in [-0.2, 0) is 0 Å². The maximum Gasteiger partial charge on any atom is 0.0614 e. The van der Waals surface area contributed by atoms with Crippen LogP contribution in [0.3, 0.4) is 0 Å². The molecule has 1 N–H and O–H groups in total. The zero-order valence-electron chi connectivity index (χ0n) is 11.2. The van der Waals surface area contributed by atoms with Crippen LogP contribution < -0.4 is 0 Å². The summed E-state index contributed by atoms with van der Waals surface area (Å²) in [6.45, 7) is 9.34. The van der Waals surface area contributed by atoms with E-state index >= 15 is 0 Å². The fourth-order valence-electron chi connectivity index (χ4n) is 2.85. The monoisotopic (exact) mass is 222 g/mol. The normalized spacial score (nSPS) is 25.4. The molecule has 1 rings (SSSR count). The summed E-state index contributed by atoms with van der Waals surface area (Å²) in [5.74, 6) is 0.711. The highest BCUT2D eigenvalue weighted by atomic mass is 16.2. The predicted molar refractivity (Wildman–Crippen MR) is 70.3 cm³/mol. The van der Waals surface area contributed by atoms with Gasteiger partial charge >= 0.3 is 0 Å². The summed E-state index contributed by atoms with van der Waals surface area (Å²) in [6.07, 6.45) is 9.20. The third kappa shape index (κ3) is 3.48. The standard InChI is InChI=1S/C15H26O/c1-12(9-11-16)7-8-14-13(2)6-5-10-15(14,3)4/h6,9,14,16H,5,7-8,10-11H2,1-4H3/b12-9+. The van der Waals surface area contributed by atoms with Crippen molar-refractivity contribution in [1.29, 1.82) is 0 Å². The number of aliphatic hydroxyl groups is 1. The third-order valence-corrected chi connectivity index (χ3v) is 4.02. The van der Waals surface area contributed by atoms with Crippen molar-refractivity contribution in [2.24, 2.45) is 11.3 Å². The van der Waals surface area contributed by atoms with Gasteiger partial charge in [0.25, 0.3) is 0 Å². The fourth-order valence-corrected chi connectivity index (χ4v) is 2.85. The van der Waals surface area contributed by atoms with E-state index in [1.54, 1.807) is 5.57 Å². The fraction of sp³-hybridized carbons (Fsp3) is 0.733. The van der Waals surface area contributed by atoms with E-state index in [0.29, 0.717) is 11.3 Å². The van der Waals surface area contributed by atoms with Crippen LogP contribution in [0.15, 0.2) is 23.3 Å². The van der Waals surface area contributed by atoms with Crippen LogP contribution in [0, 0.1) is 11.3 Å². The average Bonchev–Trinajstić information content (AvgIpc) is 2.16. The lowest BCUT2D eigenvalue weighted by Gasteiger charge is -2.38. The van der Waals surface area contributed by atoms with Crippen molar-refractivity contribution >= 4 is 0 Å². The van der Waals surface area contributed by atoms with E-state index in [0.717, 1.165) is 6.42 Å². The van der Waals surface area contributed by atoms with Crippen LogP contribution in [0.2, 0.25) is 0 Å². The van der Waals surface area contributed by atoms with E-state index in [4.69, 9.17) is 5.11 Å². The van der Waals surface area contributed by atoms with Gasteiger partial charge in [-0.25, -0.2) is 0 Å². The Balaban J connectivity index is 2.60. The molecule has 1 unspecified atom stereocenters. The van der Waals surface area contributed by atoms with Crippen LogP contribution in [0.5, 0.6) is 0 Å². The number of hydrogen-bond donors (Lipinski definition) is 1. The summed E-state index contributed by atoms with van der Waals surface area (Å²) in [4.78, 5) is 0. The Morgan fingerprint density at radius 1 is 1.56 bits per heavy atom. The summed E-state index contributed by atoms with van der Waals surface area (Å²) >= 11 is 0. The first-order valence-electron chi connectivity index (χ1n) is 6.40. The number of hydrogen-bond acceptors (Lipinski definition) is 1. The first-order chi connectivity index (χ1) is 7.47. The molecule has 0 saturated heterocycles. The van der Waals surface area contributed by atoms with E-state index in [9.17, 15) is 0 Å². The molecule has 0 saturated carbocycles. The molecule has 1 nitrogen and oxygen atoms in total. The van der Waals surface area contributed by atoms with Crippen molar-refractivity contribution in [3.05, 3.63) is 23.3 Å². The van der Waals surface area contributed by atoms with Gasteiger partial charge in [0.2, 0.25) is 0 Å². The number of allylic oxidation sites excluding steroid dienone is 3. The van der Waals surface area contributed by atoms with Crippen molar-refractivity contribution in [1.82, 2.24) is 0 Å². The Morgan fingerprint density at radius 2 is 2.25 bits per heavy atom. The molecule has 16 heavy (non-hydrogen) atoms. The lowest BCUT2D eigenvalue weighted by molar-refractivity contribution is 0.204. The third-order valence-electron chi connectivity index (χ3n) is 4.02. The maximum absolute atomic E-state index is 8.84. The van der Waals surface area contributed by atoms with Crippen LogP contribution in [-0.4, -0.2) is 11.7 Å². The largest absolute Gasteiger partial charge is 0.392 e. The molecule has 1 heteroatoms. The molecular weight excluding hydrogens is 196 g/mol. The smallest absolute Gasteiger partial charge is 0.0614 e. The van der Waals surface area contributed by atoms with Crippen molar-refractivity contribution in [2.45, 2.75) is 53.4 Å². The van der Waals surface area contributed by atoms with Crippen molar-refractivity contribution in [3.8, 4) is 0 Å². The van der Waals surface area contributed by atoms with E-state index in [2.05, 4.69) is 33.8 Å². The zero-order valence-corrected chi connectivity index (χ0v) is 11.2. The number of rotatable bonds is 4. The second-order valence-electron chi connectivity index (χ2n) is 5.80. The lowest BCUT2D eigenvalue weighted by Crippen LogP contribution is -2.27. The summed E-state index contributed by atoms with van der Waals surface area (Å²) in [5, 5.41) is 8.84. The molecule has 0 bridgehead atoms. The highest BCUT2D eigenvalue weighted by Gasteiger charge is 2.32. The second-order valence-corrected chi connectivity index (χ2v) is 5.80. The van der Waals surface area contributed by atoms with Crippen molar-refractivity contribution < 1.29 is 5.11 Å². The van der Waals surface area contributed by atoms with Gasteiger partial charge in [0.15, 0.2) is 0 Å². The van der Waals surface area contributed by atoms with Gasteiger partial charge in [0, 0.05) is 0 Å². The van der Waals surface area contributed by atoms with Gasteiger partial charge in [-0.05, 0) is 50.9 Å². The Morgan fingerprint density at radius 3 is 2.81 bits per heavy atom. The lowest BCUT2D eigenvalue weighted by atomic mass is 9.67. The second kappa shape index (κ2) is 5.67. The molecule has 1 aliphatic carbocycles. The first kappa shape index (κ1) is 13.5. The highest BCUT2D eigenvalue weighted by molar-refractivity contribution is 5.13. The predicted octanol–water partition coefficient (Wildman–Crippen LogP) is 4.09. The Labute approximate surface area is 100 Å². The van der Waals surface area contributed by atoms with Gasteiger partial charge in [-0.1, -0.05) is 37.1 Å². The van der Waals surface area contributed by atoms with E-state index in [1.165, 1.54) is 24.8 Å². The Kier molecular flexibility index (Phi) is 4.79. The van der Waals surface area contributed by atoms with Gasteiger partial charge in [0.05, 0.1) is 6.61 Å². The molecule has 0 heterocycles. The molecular formula is C15H26O. The summed E-state index contributed by atoms with van der Waals surface area (Å²) < 4.78 is 0.